The maximum atomic E-state index is 12.1. The maximum absolute atomic E-state index is 12.1. The molecular weight excluding hydrogens is 308 g/mol. The largest absolute Gasteiger partial charge is 0.453 e. The van der Waals surface area contributed by atoms with E-state index in [1.165, 1.54) is 12.1 Å². The van der Waals surface area contributed by atoms with E-state index in [0.717, 1.165) is 22.7 Å². The summed E-state index contributed by atoms with van der Waals surface area (Å²) in [7, 11) is 1.85. The Kier molecular flexibility index (Phi) is 4.41. The van der Waals surface area contributed by atoms with Gasteiger partial charge in [-0.2, -0.15) is 0 Å². The first kappa shape index (κ1) is 15.9. The van der Waals surface area contributed by atoms with Crippen LogP contribution in [-0.2, 0) is 11.8 Å². The third kappa shape index (κ3) is 3.06. The number of hydrogen-bond donors (Lipinski definition) is 0. The Bertz CT molecular complexity index is 759. The molecular formula is C14H14N2O5S. The number of carbonyl (C=O) groups excluding carboxylic acids is 2. The fourth-order valence-electron chi connectivity index (χ4n) is 1.95. The molecule has 2 aromatic rings. The lowest BCUT2D eigenvalue weighted by molar-refractivity contribution is -0.380. The predicted octanol–water partition coefficient (Wildman–Crippen LogP) is 2.65. The van der Waals surface area contributed by atoms with Gasteiger partial charge in [0.15, 0.2) is 6.61 Å². The number of ketones is 1. The number of carbonyl (C=O) groups is 2. The molecule has 7 nitrogen and oxygen atoms in total. The van der Waals surface area contributed by atoms with Gasteiger partial charge in [-0.3, -0.25) is 14.9 Å². The highest BCUT2D eigenvalue weighted by Crippen LogP contribution is 2.24. The summed E-state index contributed by atoms with van der Waals surface area (Å²) in [6.07, 6.45) is 0. The van der Waals surface area contributed by atoms with Crippen LogP contribution in [0.5, 0.6) is 0 Å². The highest BCUT2D eigenvalue weighted by atomic mass is 32.1. The number of esters is 1. The highest BCUT2D eigenvalue weighted by Gasteiger charge is 2.19. The van der Waals surface area contributed by atoms with Crippen LogP contribution in [0.2, 0.25) is 0 Å². The van der Waals surface area contributed by atoms with E-state index in [-0.39, 0.29) is 15.7 Å². The van der Waals surface area contributed by atoms with E-state index in [1.807, 2.05) is 25.5 Å². The second-order valence-electron chi connectivity index (χ2n) is 4.74. The zero-order valence-electron chi connectivity index (χ0n) is 12.3. The van der Waals surface area contributed by atoms with E-state index in [4.69, 9.17) is 4.74 Å². The molecule has 0 radical (unpaired) electrons. The molecule has 0 bridgehead atoms. The predicted molar refractivity (Wildman–Crippen MR) is 80.5 cm³/mol. The lowest BCUT2D eigenvalue weighted by atomic mass is 10.1. The van der Waals surface area contributed by atoms with Crippen molar-refractivity contribution in [2.75, 3.05) is 6.61 Å². The summed E-state index contributed by atoms with van der Waals surface area (Å²) in [4.78, 5) is 34.0. The molecule has 22 heavy (non-hydrogen) atoms. The standard InChI is InChI=1S/C14H14N2O5S/c1-8-6-10(9(2)15(8)3)11(17)7-21-14(18)12-4-5-13(22-12)16(19)20/h4-6H,7H2,1-3H3. The van der Waals surface area contributed by atoms with Crippen molar-refractivity contribution in [3.05, 3.63) is 50.1 Å². The molecule has 0 spiro atoms. The molecule has 0 saturated carbocycles. The number of hydrogen-bond acceptors (Lipinski definition) is 6. The molecule has 0 aliphatic rings. The molecule has 2 heterocycles. The summed E-state index contributed by atoms with van der Waals surface area (Å²) in [5, 5.41) is 10.4. The molecule has 8 heteroatoms. The van der Waals surface area contributed by atoms with Crippen LogP contribution in [0.25, 0.3) is 0 Å². The number of nitro groups is 1. The van der Waals surface area contributed by atoms with Gasteiger partial charge in [0.2, 0.25) is 5.78 Å². The van der Waals surface area contributed by atoms with Crippen LogP contribution in [0.15, 0.2) is 18.2 Å². The number of Topliss-reactive ketones (excluding diaryl/α,β-unsaturated/α-hetero) is 1. The highest BCUT2D eigenvalue weighted by molar-refractivity contribution is 7.17. The maximum Gasteiger partial charge on any atom is 0.349 e. The minimum Gasteiger partial charge on any atom is -0.453 e. The molecule has 0 aromatic carbocycles. The first-order chi connectivity index (χ1) is 10.3. The Balaban J connectivity index is 2.02. The van der Waals surface area contributed by atoms with Gasteiger partial charge in [-0.05, 0) is 26.0 Å². The van der Waals surface area contributed by atoms with Crippen molar-refractivity contribution in [1.82, 2.24) is 4.57 Å². The second kappa shape index (κ2) is 6.10. The van der Waals surface area contributed by atoms with Gasteiger partial charge in [0.05, 0.1) is 4.92 Å². The van der Waals surface area contributed by atoms with E-state index in [2.05, 4.69) is 0 Å². The van der Waals surface area contributed by atoms with Crippen molar-refractivity contribution in [2.45, 2.75) is 13.8 Å². The second-order valence-corrected chi connectivity index (χ2v) is 5.80. The van der Waals surface area contributed by atoms with Crippen LogP contribution in [0.3, 0.4) is 0 Å². The quantitative estimate of drug-likeness (QED) is 0.365. The number of aromatic nitrogens is 1. The van der Waals surface area contributed by atoms with E-state index in [1.54, 1.807) is 6.07 Å². The Morgan fingerprint density at radius 2 is 2.05 bits per heavy atom. The van der Waals surface area contributed by atoms with Crippen LogP contribution in [0.4, 0.5) is 5.00 Å². The minimum atomic E-state index is -0.739. The number of ether oxygens (including phenoxy) is 1. The van der Waals surface area contributed by atoms with Crippen molar-refractivity contribution in [3.8, 4) is 0 Å². The average Bonchev–Trinajstić information content (AvgIpc) is 3.06. The van der Waals surface area contributed by atoms with E-state index in [0.29, 0.717) is 5.56 Å². The molecule has 0 unspecified atom stereocenters. The van der Waals surface area contributed by atoms with E-state index in [9.17, 15) is 19.7 Å². The molecule has 0 saturated heterocycles. The average molecular weight is 322 g/mol. The van der Waals surface area contributed by atoms with E-state index < -0.39 is 17.5 Å². The Morgan fingerprint density at radius 1 is 1.36 bits per heavy atom. The van der Waals surface area contributed by atoms with Gasteiger partial charge in [-0.1, -0.05) is 11.3 Å². The van der Waals surface area contributed by atoms with Gasteiger partial charge in [0, 0.05) is 30.1 Å². The SMILES string of the molecule is Cc1cc(C(=O)COC(=O)c2ccc([N+](=O)[O-])s2)c(C)n1C. The molecule has 0 aliphatic carbocycles. The number of rotatable bonds is 5. The smallest absolute Gasteiger partial charge is 0.349 e. The number of nitrogens with zero attached hydrogens (tertiary/aromatic N) is 2. The monoisotopic (exact) mass is 322 g/mol. The molecule has 0 N–H and O–H groups in total. The molecule has 0 aliphatic heterocycles. The van der Waals surface area contributed by atoms with Crippen molar-refractivity contribution in [3.63, 3.8) is 0 Å². The van der Waals surface area contributed by atoms with Gasteiger partial charge >= 0.3 is 11.0 Å². The fourth-order valence-corrected chi connectivity index (χ4v) is 2.67. The first-order valence-electron chi connectivity index (χ1n) is 6.38. The van der Waals surface area contributed by atoms with Gasteiger partial charge < -0.3 is 9.30 Å². The fraction of sp³-hybridized carbons (Fsp3) is 0.286. The third-order valence-electron chi connectivity index (χ3n) is 3.38. The molecule has 0 fully saturated rings. The minimum absolute atomic E-state index is 0.0977. The van der Waals surface area contributed by atoms with Crippen molar-refractivity contribution in [2.24, 2.45) is 7.05 Å². The molecule has 2 aromatic heterocycles. The molecule has 2 rings (SSSR count). The zero-order chi connectivity index (χ0) is 16.4. The molecule has 0 amide bonds. The van der Waals surface area contributed by atoms with Crippen LogP contribution in [0.1, 0.15) is 31.4 Å². The van der Waals surface area contributed by atoms with Gasteiger partial charge in [0.25, 0.3) is 0 Å². The van der Waals surface area contributed by atoms with Gasteiger partial charge in [0.1, 0.15) is 4.88 Å². The number of aryl methyl sites for hydroxylation is 1. The van der Waals surface area contributed by atoms with Crippen molar-refractivity contribution >= 4 is 28.1 Å². The summed E-state index contributed by atoms with van der Waals surface area (Å²) in [5.41, 5.74) is 2.23. The molecule has 0 atom stereocenters. The zero-order valence-corrected chi connectivity index (χ0v) is 13.1. The van der Waals surface area contributed by atoms with Crippen LogP contribution in [0, 0.1) is 24.0 Å². The number of thiophene rings is 1. The van der Waals surface area contributed by atoms with Gasteiger partial charge in [-0.15, -0.1) is 0 Å². The van der Waals surface area contributed by atoms with Crippen molar-refractivity contribution < 1.29 is 19.2 Å². The summed E-state index contributed by atoms with van der Waals surface area (Å²) in [5.74, 6) is -1.04. The summed E-state index contributed by atoms with van der Waals surface area (Å²) in [6, 6.07) is 4.28. The lowest BCUT2D eigenvalue weighted by Crippen LogP contribution is -2.14. The normalized spacial score (nSPS) is 10.5. The third-order valence-corrected chi connectivity index (χ3v) is 4.40. The van der Waals surface area contributed by atoms with Crippen LogP contribution >= 0.6 is 11.3 Å². The molecule has 116 valence electrons. The lowest BCUT2D eigenvalue weighted by Gasteiger charge is -2.03. The van der Waals surface area contributed by atoms with Gasteiger partial charge in [-0.25, -0.2) is 4.79 Å². The first-order valence-corrected chi connectivity index (χ1v) is 7.20. The summed E-state index contributed by atoms with van der Waals surface area (Å²) in [6.45, 7) is 3.29. The van der Waals surface area contributed by atoms with Crippen LogP contribution in [-0.4, -0.2) is 27.8 Å². The van der Waals surface area contributed by atoms with E-state index >= 15 is 0 Å². The Hall–Kier alpha value is -2.48. The Labute approximate surface area is 130 Å². The van der Waals surface area contributed by atoms with Crippen molar-refractivity contribution in [1.29, 1.82) is 0 Å². The topological polar surface area (TPSA) is 91.4 Å². The summed E-state index contributed by atoms with van der Waals surface area (Å²) >= 11 is 0.717. The summed E-state index contributed by atoms with van der Waals surface area (Å²) < 4.78 is 6.80. The van der Waals surface area contributed by atoms with Crippen LogP contribution < -0.4 is 0 Å². The Morgan fingerprint density at radius 3 is 2.55 bits per heavy atom.